The Kier molecular flexibility index (Phi) is 6.58. The van der Waals surface area contributed by atoms with Crippen molar-refractivity contribution >= 4 is 43.9 Å². The summed E-state index contributed by atoms with van der Waals surface area (Å²) in [5, 5.41) is 8.36. The Labute approximate surface area is 226 Å². The molecule has 198 valence electrons. The molecule has 0 saturated heterocycles. The third-order valence-corrected chi connectivity index (χ3v) is 8.59. The number of hydrogen-bond donors (Lipinski definition) is 3. The number of amides is 1. The first-order chi connectivity index (χ1) is 18.9. The Morgan fingerprint density at radius 2 is 1.92 bits per heavy atom. The Morgan fingerprint density at radius 3 is 2.72 bits per heavy atom. The highest BCUT2D eigenvalue weighted by Gasteiger charge is 2.44. The number of fused-ring (bicyclic) bond motifs is 1. The van der Waals surface area contributed by atoms with Crippen LogP contribution in [0.15, 0.2) is 78.1 Å². The standard InChI is InChI=1S/C29H28N6O3S/c1-18-16-31-17-21-2-5-22(14-24(18)21)33-28(36)26-15-25(26)19-3-6-23(7-4-19)39(37,38)35-29-32-13-10-27(34-29)20-8-11-30-12-9-20/h2-8,10,13-14,16-17,25-26,30H,9,11-12,15H2,1H3,(H,33,36)(H,32,34,35)/t25-,26+/m0/s1. The molecular weight excluding hydrogens is 512 g/mol. The van der Waals surface area contributed by atoms with Gasteiger partial charge >= 0.3 is 0 Å². The Morgan fingerprint density at radius 1 is 1.08 bits per heavy atom. The second-order valence-corrected chi connectivity index (χ2v) is 11.6. The Balaban J connectivity index is 1.10. The van der Waals surface area contributed by atoms with Crippen LogP contribution in [0.1, 0.15) is 35.6 Å². The molecule has 1 saturated carbocycles. The first-order valence-corrected chi connectivity index (χ1v) is 14.4. The monoisotopic (exact) mass is 540 g/mol. The maximum atomic E-state index is 13.0. The summed E-state index contributed by atoms with van der Waals surface area (Å²) in [5.41, 5.74) is 4.52. The lowest BCUT2D eigenvalue weighted by atomic mass is 10.1. The number of sulfonamides is 1. The molecule has 4 aromatic rings. The van der Waals surface area contributed by atoms with E-state index in [0.717, 1.165) is 59.1 Å². The van der Waals surface area contributed by atoms with Crippen molar-refractivity contribution in [3.63, 3.8) is 0 Å². The van der Waals surface area contributed by atoms with Crippen molar-refractivity contribution in [2.24, 2.45) is 5.92 Å². The van der Waals surface area contributed by atoms with Crippen LogP contribution in [0.5, 0.6) is 0 Å². The molecule has 6 rings (SSSR count). The Bertz CT molecular complexity index is 1700. The van der Waals surface area contributed by atoms with Gasteiger partial charge in [-0.25, -0.2) is 23.1 Å². The van der Waals surface area contributed by atoms with Crippen LogP contribution in [-0.4, -0.2) is 42.4 Å². The molecule has 0 unspecified atom stereocenters. The van der Waals surface area contributed by atoms with Crippen molar-refractivity contribution in [1.82, 2.24) is 20.3 Å². The zero-order valence-corrected chi connectivity index (χ0v) is 22.2. The van der Waals surface area contributed by atoms with E-state index in [1.54, 1.807) is 36.5 Å². The summed E-state index contributed by atoms with van der Waals surface area (Å²) < 4.78 is 28.5. The van der Waals surface area contributed by atoms with Crippen molar-refractivity contribution in [3.8, 4) is 0 Å². The van der Waals surface area contributed by atoms with Crippen LogP contribution in [-0.2, 0) is 14.8 Å². The second-order valence-electron chi connectivity index (χ2n) is 9.95. The van der Waals surface area contributed by atoms with Crippen LogP contribution in [0.2, 0.25) is 0 Å². The summed E-state index contributed by atoms with van der Waals surface area (Å²) in [4.78, 5) is 25.7. The summed E-state index contributed by atoms with van der Waals surface area (Å²) in [5.74, 6) is -0.0972. The number of aromatic nitrogens is 3. The third-order valence-electron chi connectivity index (χ3n) is 7.25. The topological polar surface area (TPSA) is 126 Å². The highest BCUT2D eigenvalue weighted by Crippen LogP contribution is 2.48. The first kappa shape index (κ1) is 25.1. The minimum atomic E-state index is -3.87. The fourth-order valence-corrected chi connectivity index (χ4v) is 5.94. The average Bonchev–Trinajstić information content (AvgIpc) is 3.76. The number of hydrogen-bond acceptors (Lipinski definition) is 7. The lowest BCUT2D eigenvalue weighted by Gasteiger charge is -2.14. The van der Waals surface area contributed by atoms with Crippen LogP contribution in [0, 0.1) is 12.8 Å². The summed E-state index contributed by atoms with van der Waals surface area (Å²) in [6, 6.07) is 14.3. The number of anilines is 2. The molecule has 3 N–H and O–H groups in total. The molecule has 2 aromatic heterocycles. The number of rotatable bonds is 7. The minimum absolute atomic E-state index is 0.0367. The maximum absolute atomic E-state index is 13.0. The molecular formula is C29H28N6O3S. The van der Waals surface area contributed by atoms with Gasteiger partial charge in [0, 0.05) is 42.1 Å². The SMILES string of the molecule is Cc1cncc2ccc(NC(=O)[C@@H]3C[C@H]3c3ccc(S(=O)(=O)Nc4nccc(C5=CCNCC5)n4)cc3)cc12. The quantitative estimate of drug-likeness (QED) is 0.320. The minimum Gasteiger partial charge on any atom is -0.326 e. The largest absolute Gasteiger partial charge is 0.326 e. The molecule has 0 radical (unpaired) electrons. The molecule has 2 aliphatic rings. The molecule has 1 aliphatic heterocycles. The van der Waals surface area contributed by atoms with Gasteiger partial charge in [-0.3, -0.25) is 9.78 Å². The van der Waals surface area contributed by atoms with E-state index in [0.29, 0.717) is 5.69 Å². The van der Waals surface area contributed by atoms with E-state index < -0.39 is 10.0 Å². The molecule has 0 spiro atoms. The van der Waals surface area contributed by atoms with E-state index in [9.17, 15) is 13.2 Å². The number of pyridine rings is 1. The predicted molar refractivity (Wildman–Crippen MR) is 151 cm³/mol. The van der Waals surface area contributed by atoms with E-state index in [1.165, 1.54) is 0 Å². The van der Waals surface area contributed by atoms with Crippen LogP contribution >= 0.6 is 0 Å². The molecule has 0 bridgehead atoms. The van der Waals surface area contributed by atoms with Gasteiger partial charge in [0.05, 0.1) is 10.6 Å². The van der Waals surface area contributed by atoms with Crippen LogP contribution in [0.3, 0.4) is 0 Å². The van der Waals surface area contributed by atoms with Crippen LogP contribution in [0.25, 0.3) is 16.3 Å². The molecule has 39 heavy (non-hydrogen) atoms. The van der Waals surface area contributed by atoms with Gasteiger partial charge in [0.15, 0.2) is 0 Å². The van der Waals surface area contributed by atoms with Crippen molar-refractivity contribution in [1.29, 1.82) is 0 Å². The molecule has 1 fully saturated rings. The van der Waals surface area contributed by atoms with Crippen LogP contribution in [0.4, 0.5) is 11.6 Å². The molecule has 2 aromatic carbocycles. The molecule has 3 heterocycles. The van der Waals surface area contributed by atoms with E-state index in [1.807, 2.05) is 37.5 Å². The van der Waals surface area contributed by atoms with Gasteiger partial charge in [-0.05, 0) is 84.6 Å². The zero-order chi connectivity index (χ0) is 27.0. The number of carbonyl (C=O) groups excluding carboxylic acids is 1. The van der Waals surface area contributed by atoms with E-state index in [4.69, 9.17) is 0 Å². The molecule has 1 amide bonds. The van der Waals surface area contributed by atoms with Gasteiger partial charge in [0.1, 0.15) is 0 Å². The van der Waals surface area contributed by atoms with Gasteiger partial charge in [0.25, 0.3) is 10.0 Å². The molecule has 1 aliphatic carbocycles. The summed E-state index contributed by atoms with van der Waals surface area (Å²) in [6.45, 7) is 3.61. The van der Waals surface area contributed by atoms with Crippen molar-refractivity contribution in [3.05, 3.63) is 90.0 Å². The number of nitrogens with zero attached hydrogens (tertiary/aromatic N) is 3. The lowest BCUT2D eigenvalue weighted by Crippen LogP contribution is -2.20. The first-order valence-electron chi connectivity index (χ1n) is 12.9. The third kappa shape index (κ3) is 5.39. The summed E-state index contributed by atoms with van der Waals surface area (Å²) in [7, 11) is -3.87. The molecule has 10 heteroatoms. The Hall–Kier alpha value is -4.15. The summed E-state index contributed by atoms with van der Waals surface area (Å²) in [6.07, 6.45) is 8.77. The van der Waals surface area contributed by atoms with Gasteiger partial charge in [0.2, 0.25) is 11.9 Å². The van der Waals surface area contributed by atoms with Crippen molar-refractivity contribution < 1.29 is 13.2 Å². The highest BCUT2D eigenvalue weighted by atomic mass is 32.2. The van der Waals surface area contributed by atoms with Gasteiger partial charge < -0.3 is 10.6 Å². The number of nitrogens with one attached hydrogen (secondary N) is 3. The number of carbonyl (C=O) groups is 1. The summed E-state index contributed by atoms with van der Waals surface area (Å²) >= 11 is 0. The van der Waals surface area contributed by atoms with Crippen LogP contribution < -0.4 is 15.4 Å². The smallest absolute Gasteiger partial charge is 0.264 e. The fourth-order valence-electron chi connectivity index (χ4n) is 4.99. The van der Waals surface area contributed by atoms with Gasteiger partial charge in [-0.15, -0.1) is 0 Å². The maximum Gasteiger partial charge on any atom is 0.264 e. The number of benzene rings is 2. The lowest BCUT2D eigenvalue weighted by molar-refractivity contribution is -0.117. The van der Waals surface area contributed by atoms with Gasteiger partial charge in [-0.2, -0.15) is 0 Å². The van der Waals surface area contributed by atoms with Crippen molar-refractivity contribution in [2.45, 2.75) is 30.6 Å². The highest BCUT2D eigenvalue weighted by molar-refractivity contribution is 7.92. The van der Waals surface area contributed by atoms with Crippen molar-refractivity contribution in [2.75, 3.05) is 23.1 Å². The molecule has 2 atom stereocenters. The van der Waals surface area contributed by atoms with E-state index in [-0.39, 0.29) is 28.6 Å². The van der Waals surface area contributed by atoms with Gasteiger partial charge in [-0.1, -0.05) is 24.3 Å². The average molecular weight is 541 g/mol. The van der Waals surface area contributed by atoms with E-state index >= 15 is 0 Å². The van der Waals surface area contributed by atoms with E-state index in [2.05, 4.69) is 36.4 Å². The zero-order valence-electron chi connectivity index (χ0n) is 21.4. The fraction of sp³-hybridized carbons (Fsp3) is 0.241. The molecule has 9 nitrogen and oxygen atoms in total. The normalized spacial score (nSPS) is 18.8. The second kappa shape index (κ2) is 10.2. The predicted octanol–water partition coefficient (Wildman–Crippen LogP) is 4.25. The number of aryl methyl sites for hydroxylation is 1.